The Balaban J connectivity index is 1.85. The predicted octanol–water partition coefficient (Wildman–Crippen LogP) is 1.91. The minimum absolute atomic E-state index is 0.274. The number of amides is 3. The van der Waals surface area contributed by atoms with E-state index in [1.165, 1.54) is 31.5 Å². The monoisotopic (exact) mass is 355 g/mol. The lowest BCUT2D eigenvalue weighted by Gasteiger charge is -2.21. The molecule has 3 N–H and O–H groups in total. The molecule has 26 heavy (non-hydrogen) atoms. The molecule has 1 heterocycles. The van der Waals surface area contributed by atoms with E-state index in [-0.39, 0.29) is 11.5 Å². The molecule has 0 saturated carbocycles. The maximum Gasteiger partial charge on any atom is 0.346 e. The van der Waals surface area contributed by atoms with E-state index in [2.05, 4.69) is 10.4 Å². The van der Waals surface area contributed by atoms with E-state index in [1.807, 2.05) is 0 Å². The molecule has 0 aromatic heterocycles. The summed E-state index contributed by atoms with van der Waals surface area (Å²) in [6.45, 7) is 1.59. The highest BCUT2D eigenvalue weighted by Gasteiger charge is 2.49. The summed E-state index contributed by atoms with van der Waals surface area (Å²) in [6.07, 6.45) is 1.25. The third-order valence-electron chi connectivity index (χ3n) is 4.16. The van der Waals surface area contributed by atoms with Gasteiger partial charge in [-0.15, -0.1) is 5.01 Å². The zero-order valence-corrected chi connectivity index (χ0v) is 14.1. The number of urea groups is 1. The minimum atomic E-state index is -1.25. The molecular weight excluding hydrogens is 338 g/mol. The van der Waals surface area contributed by atoms with E-state index in [0.29, 0.717) is 16.9 Å². The minimum Gasteiger partial charge on any atom is -0.504 e. The molecule has 0 aliphatic carbocycles. The Labute approximate surface area is 149 Å². The fourth-order valence-electron chi connectivity index (χ4n) is 2.59. The molecular formula is C18H17N3O5. The number of imide groups is 1. The number of phenolic OH excluding ortho intramolecular Hbond substituents is 2. The maximum absolute atomic E-state index is 12.7. The van der Waals surface area contributed by atoms with Crippen LogP contribution in [0.4, 0.5) is 4.79 Å². The number of hydrogen-bond donors (Lipinski definition) is 3. The van der Waals surface area contributed by atoms with Crippen molar-refractivity contribution in [2.75, 3.05) is 7.11 Å². The molecule has 2 aromatic rings. The fourth-order valence-corrected chi connectivity index (χ4v) is 2.59. The SMILES string of the molecule is COc1ccc([C@@]2(C)NC(=O)N(/N=C/c3ccc(O)c(O)c3)C2=O)cc1. The van der Waals surface area contributed by atoms with Crippen LogP contribution in [-0.2, 0) is 10.3 Å². The molecule has 0 spiro atoms. The van der Waals surface area contributed by atoms with Gasteiger partial charge in [-0.05, 0) is 48.4 Å². The molecule has 0 radical (unpaired) electrons. The molecule has 134 valence electrons. The van der Waals surface area contributed by atoms with Gasteiger partial charge < -0.3 is 20.3 Å². The van der Waals surface area contributed by atoms with Crippen molar-refractivity contribution in [3.8, 4) is 17.2 Å². The molecule has 8 nitrogen and oxygen atoms in total. The number of nitrogens with one attached hydrogen (secondary N) is 1. The summed E-state index contributed by atoms with van der Waals surface area (Å²) in [5.41, 5.74) is -0.242. The van der Waals surface area contributed by atoms with Gasteiger partial charge in [0.2, 0.25) is 0 Å². The van der Waals surface area contributed by atoms with Crippen LogP contribution in [0, 0.1) is 0 Å². The predicted molar refractivity (Wildman–Crippen MR) is 93.1 cm³/mol. The van der Waals surface area contributed by atoms with E-state index >= 15 is 0 Å². The number of rotatable bonds is 4. The number of phenols is 2. The van der Waals surface area contributed by atoms with Crippen LogP contribution in [0.25, 0.3) is 0 Å². The zero-order chi connectivity index (χ0) is 18.9. The summed E-state index contributed by atoms with van der Waals surface area (Å²) in [4.78, 5) is 24.9. The lowest BCUT2D eigenvalue weighted by Crippen LogP contribution is -2.40. The second kappa shape index (κ2) is 6.40. The van der Waals surface area contributed by atoms with Gasteiger partial charge in [0, 0.05) is 0 Å². The second-order valence-electron chi connectivity index (χ2n) is 5.89. The van der Waals surface area contributed by atoms with Crippen LogP contribution < -0.4 is 10.1 Å². The number of ether oxygens (including phenoxy) is 1. The van der Waals surface area contributed by atoms with Crippen molar-refractivity contribution in [2.45, 2.75) is 12.5 Å². The van der Waals surface area contributed by atoms with Crippen LogP contribution in [0.1, 0.15) is 18.1 Å². The summed E-state index contributed by atoms with van der Waals surface area (Å²) >= 11 is 0. The van der Waals surface area contributed by atoms with Crippen molar-refractivity contribution in [1.29, 1.82) is 0 Å². The largest absolute Gasteiger partial charge is 0.504 e. The van der Waals surface area contributed by atoms with Gasteiger partial charge in [-0.25, -0.2) is 4.79 Å². The lowest BCUT2D eigenvalue weighted by atomic mass is 9.92. The van der Waals surface area contributed by atoms with Crippen molar-refractivity contribution in [3.63, 3.8) is 0 Å². The smallest absolute Gasteiger partial charge is 0.346 e. The summed E-state index contributed by atoms with van der Waals surface area (Å²) in [6, 6.07) is 10.2. The molecule has 1 atom stereocenters. The number of hydrogen-bond acceptors (Lipinski definition) is 6. The van der Waals surface area contributed by atoms with Crippen molar-refractivity contribution < 1.29 is 24.5 Å². The van der Waals surface area contributed by atoms with Crippen molar-refractivity contribution in [1.82, 2.24) is 10.3 Å². The molecule has 1 aliphatic rings. The summed E-state index contributed by atoms with van der Waals surface area (Å²) in [5, 5.41) is 26.1. The van der Waals surface area contributed by atoms with E-state index in [1.54, 1.807) is 31.2 Å². The van der Waals surface area contributed by atoms with Crippen LogP contribution in [0.15, 0.2) is 47.6 Å². The Bertz CT molecular complexity index is 894. The molecule has 3 amide bonds. The highest BCUT2D eigenvalue weighted by Crippen LogP contribution is 2.30. The van der Waals surface area contributed by atoms with Crippen molar-refractivity contribution >= 4 is 18.2 Å². The quantitative estimate of drug-likeness (QED) is 0.441. The van der Waals surface area contributed by atoms with Crippen LogP contribution in [0.2, 0.25) is 0 Å². The molecule has 8 heteroatoms. The first-order valence-corrected chi connectivity index (χ1v) is 7.72. The van der Waals surface area contributed by atoms with Gasteiger partial charge in [0.15, 0.2) is 11.5 Å². The van der Waals surface area contributed by atoms with Gasteiger partial charge in [-0.1, -0.05) is 12.1 Å². The number of carbonyl (C=O) groups is 2. The van der Waals surface area contributed by atoms with E-state index in [4.69, 9.17) is 4.74 Å². The lowest BCUT2D eigenvalue weighted by molar-refractivity contribution is -0.131. The molecule has 1 aliphatic heterocycles. The average Bonchev–Trinajstić information content (AvgIpc) is 2.86. The topological polar surface area (TPSA) is 111 Å². The third-order valence-corrected chi connectivity index (χ3v) is 4.16. The molecule has 2 aromatic carbocycles. The van der Waals surface area contributed by atoms with Gasteiger partial charge in [0.1, 0.15) is 11.3 Å². The third kappa shape index (κ3) is 2.92. The summed E-state index contributed by atoms with van der Waals surface area (Å²) in [5.74, 6) is -0.499. The number of carbonyl (C=O) groups excluding carboxylic acids is 2. The van der Waals surface area contributed by atoms with E-state index in [0.717, 1.165) is 5.01 Å². The van der Waals surface area contributed by atoms with Gasteiger partial charge in [-0.2, -0.15) is 5.10 Å². The Kier molecular flexibility index (Phi) is 4.25. The van der Waals surface area contributed by atoms with Crippen molar-refractivity contribution in [3.05, 3.63) is 53.6 Å². The summed E-state index contributed by atoms with van der Waals surface area (Å²) in [7, 11) is 1.54. The highest BCUT2D eigenvalue weighted by atomic mass is 16.5. The first-order valence-electron chi connectivity index (χ1n) is 7.72. The summed E-state index contributed by atoms with van der Waals surface area (Å²) < 4.78 is 5.09. The Hall–Kier alpha value is -3.55. The zero-order valence-electron chi connectivity index (χ0n) is 14.1. The molecule has 0 unspecified atom stereocenters. The number of nitrogens with zero attached hydrogens (tertiary/aromatic N) is 2. The Morgan fingerprint density at radius 2 is 1.81 bits per heavy atom. The average molecular weight is 355 g/mol. The standard InChI is InChI=1S/C18H17N3O5/c1-18(12-4-6-13(26-2)7-5-12)16(24)21(17(25)20-18)19-10-11-3-8-14(22)15(23)9-11/h3-10,22-23H,1-2H3,(H,20,25)/b19-10+/t18-/m1/s1. The highest BCUT2D eigenvalue weighted by molar-refractivity contribution is 6.07. The first-order chi connectivity index (χ1) is 12.3. The molecule has 1 fully saturated rings. The van der Waals surface area contributed by atoms with Gasteiger partial charge in [0.05, 0.1) is 13.3 Å². The van der Waals surface area contributed by atoms with Crippen LogP contribution in [0.5, 0.6) is 17.2 Å². The van der Waals surface area contributed by atoms with Crippen LogP contribution >= 0.6 is 0 Å². The fraction of sp³-hybridized carbons (Fsp3) is 0.167. The van der Waals surface area contributed by atoms with Crippen molar-refractivity contribution in [2.24, 2.45) is 5.10 Å². The number of methoxy groups -OCH3 is 1. The Morgan fingerprint density at radius 1 is 1.12 bits per heavy atom. The van der Waals surface area contributed by atoms with Gasteiger partial charge in [0.25, 0.3) is 5.91 Å². The van der Waals surface area contributed by atoms with E-state index in [9.17, 15) is 19.8 Å². The second-order valence-corrected chi connectivity index (χ2v) is 5.89. The van der Waals surface area contributed by atoms with E-state index < -0.39 is 17.5 Å². The number of benzene rings is 2. The number of hydrazone groups is 1. The molecule has 0 bridgehead atoms. The normalized spacial score (nSPS) is 19.8. The molecule has 3 rings (SSSR count). The van der Waals surface area contributed by atoms with Gasteiger partial charge >= 0.3 is 6.03 Å². The van der Waals surface area contributed by atoms with Gasteiger partial charge in [-0.3, -0.25) is 4.79 Å². The number of aromatic hydroxyl groups is 2. The molecule has 1 saturated heterocycles. The Morgan fingerprint density at radius 3 is 2.42 bits per heavy atom. The first kappa shape index (κ1) is 17.3. The maximum atomic E-state index is 12.7. The van der Waals surface area contributed by atoms with Crippen LogP contribution in [0.3, 0.4) is 0 Å². The van der Waals surface area contributed by atoms with Crippen LogP contribution in [-0.4, -0.2) is 40.5 Å².